The summed E-state index contributed by atoms with van der Waals surface area (Å²) in [6, 6.07) is 16.7. The van der Waals surface area contributed by atoms with E-state index in [4.69, 9.17) is 11.6 Å². The molecule has 3 rings (SSSR count). The van der Waals surface area contributed by atoms with Crippen LogP contribution in [0.2, 0.25) is 5.02 Å². The highest BCUT2D eigenvalue weighted by Gasteiger charge is 2.26. The smallest absolute Gasteiger partial charge is 0.223 e. The molecule has 2 aromatic rings. The Morgan fingerprint density at radius 3 is 2.38 bits per heavy atom. The molecule has 2 aromatic carbocycles. The number of likely N-dealkylation sites (tertiary alicyclic amines) is 1. The SMILES string of the molecule is C[C@H](NC(=O)C1CCN(Cc2cccc(Cl)c2)CC1)c1ccc(C(C)(C)C)cc1. The van der Waals surface area contributed by atoms with Crippen molar-refractivity contribution in [2.45, 2.75) is 58.5 Å². The summed E-state index contributed by atoms with van der Waals surface area (Å²) in [5, 5.41) is 4.00. The number of piperidine rings is 1. The number of benzene rings is 2. The minimum atomic E-state index is 0.0287. The molecule has 0 unspecified atom stereocenters. The maximum atomic E-state index is 12.8. The van der Waals surface area contributed by atoms with Gasteiger partial charge in [0.05, 0.1) is 6.04 Å². The monoisotopic (exact) mass is 412 g/mol. The second-order valence-corrected chi connectivity index (χ2v) is 9.72. The maximum Gasteiger partial charge on any atom is 0.223 e. The Labute approximate surface area is 180 Å². The zero-order chi connectivity index (χ0) is 21.0. The maximum absolute atomic E-state index is 12.8. The molecule has 0 bridgehead atoms. The summed E-state index contributed by atoms with van der Waals surface area (Å²) in [6.45, 7) is 11.5. The van der Waals surface area contributed by atoms with Gasteiger partial charge in [-0.15, -0.1) is 0 Å². The van der Waals surface area contributed by atoms with Gasteiger partial charge >= 0.3 is 0 Å². The fourth-order valence-corrected chi connectivity index (χ4v) is 4.15. The zero-order valence-electron chi connectivity index (χ0n) is 18.0. The van der Waals surface area contributed by atoms with Crippen molar-refractivity contribution in [3.05, 3.63) is 70.2 Å². The topological polar surface area (TPSA) is 32.3 Å². The zero-order valence-corrected chi connectivity index (χ0v) is 18.8. The highest BCUT2D eigenvalue weighted by molar-refractivity contribution is 6.30. The largest absolute Gasteiger partial charge is 0.349 e. The molecule has 1 N–H and O–H groups in total. The van der Waals surface area contributed by atoms with Gasteiger partial charge in [0.1, 0.15) is 0 Å². The first-order valence-electron chi connectivity index (χ1n) is 10.6. The summed E-state index contributed by atoms with van der Waals surface area (Å²) in [6.07, 6.45) is 1.81. The van der Waals surface area contributed by atoms with Gasteiger partial charge in [0.2, 0.25) is 5.91 Å². The van der Waals surface area contributed by atoms with Gasteiger partial charge in [-0.25, -0.2) is 0 Å². The predicted molar refractivity (Wildman–Crippen MR) is 121 cm³/mol. The number of nitrogens with zero attached hydrogens (tertiary/aromatic N) is 1. The van der Waals surface area contributed by atoms with Crippen LogP contribution in [-0.4, -0.2) is 23.9 Å². The molecule has 0 radical (unpaired) electrons. The van der Waals surface area contributed by atoms with Crippen molar-refractivity contribution < 1.29 is 4.79 Å². The third kappa shape index (κ3) is 6.07. The molecule has 1 saturated heterocycles. The van der Waals surface area contributed by atoms with Crippen molar-refractivity contribution >= 4 is 17.5 Å². The molecule has 29 heavy (non-hydrogen) atoms. The van der Waals surface area contributed by atoms with E-state index in [1.165, 1.54) is 11.1 Å². The van der Waals surface area contributed by atoms with Crippen LogP contribution < -0.4 is 5.32 Å². The van der Waals surface area contributed by atoms with Crippen LogP contribution >= 0.6 is 11.6 Å². The van der Waals surface area contributed by atoms with Crippen molar-refractivity contribution in [1.82, 2.24) is 10.2 Å². The van der Waals surface area contributed by atoms with E-state index >= 15 is 0 Å². The quantitative estimate of drug-likeness (QED) is 0.680. The first kappa shape index (κ1) is 21.9. The fraction of sp³-hybridized carbons (Fsp3) is 0.480. The molecule has 4 heteroatoms. The summed E-state index contributed by atoms with van der Waals surface area (Å²) in [5.41, 5.74) is 3.84. The van der Waals surface area contributed by atoms with Gasteiger partial charge in [-0.1, -0.05) is 68.8 Å². The van der Waals surface area contributed by atoms with Crippen LogP contribution in [0.1, 0.15) is 63.3 Å². The van der Waals surface area contributed by atoms with E-state index < -0.39 is 0 Å². The van der Waals surface area contributed by atoms with Crippen molar-refractivity contribution in [3.8, 4) is 0 Å². The first-order chi connectivity index (χ1) is 13.7. The van der Waals surface area contributed by atoms with Gasteiger partial charge in [0.25, 0.3) is 0 Å². The molecule has 0 aliphatic carbocycles. The molecule has 1 aliphatic rings. The highest BCUT2D eigenvalue weighted by Crippen LogP contribution is 2.25. The van der Waals surface area contributed by atoms with E-state index in [-0.39, 0.29) is 23.3 Å². The van der Waals surface area contributed by atoms with Gasteiger partial charge in [-0.3, -0.25) is 9.69 Å². The van der Waals surface area contributed by atoms with Gasteiger partial charge in [-0.2, -0.15) is 0 Å². The van der Waals surface area contributed by atoms with E-state index in [1.54, 1.807) is 0 Å². The summed E-state index contributed by atoms with van der Waals surface area (Å²) in [7, 11) is 0. The molecule has 156 valence electrons. The first-order valence-corrected chi connectivity index (χ1v) is 11.0. The molecule has 0 saturated carbocycles. The number of amides is 1. The lowest BCUT2D eigenvalue weighted by Crippen LogP contribution is -2.40. The standard InChI is InChI=1S/C25H33ClN2O/c1-18(20-8-10-22(11-9-20)25(2,3)4)27-24(29)21-12-14-28(15-13-21)17-19-6-5-7-23(26)16-19/h5-11,16,18,21H,12-15,17H2,1-4H3,(H,27,29)/t18-/m0/s1. The third-order valence-electron chi connectivity index (χ3n) is 5.89. The summed E-state index contributed by atoms with van der Waals surface area (Å²) in [5.74, 6) is 0.279. The van der Waals surface area contributed by atoms with Crippen LogP contribution in [0.15, 0.2) is 48.5 Å². The van der Waals surface area contributed by atoms with Crippen LogP contribution in [0, 0.1) is 5.92 Å². The third-order valence-corrected chi connectivity index (χ3v) is 6.12. The molecule has 1 atom stereocenters. The van der Waals surface area contributed by atoms with Crippen LogP contribution in [-0.2, 0) is 16.8 Å². The molecule has 0 spiro atoms. The lowest BCUT2D eigenvalue weighted by molar-refractivity contribution is -0.127. The molecular weight excluding hydrogens is 380 g/mol. The average Bonchev–Trinajstić information content (AvgIpc) is 2.68. The number of hydrogen-bond acceptors (Lipinski definition) is 2. The minimum absolute atomic E-state index is 0.0287. The highest BCUT2D eigenvalue weighted by atomic mass is 35.5. The molecule has 1 aliphatic heterocycles. The Morgan fingerprint density at radius 1 is 1.14 bits per heavy atom. The number of rotatable bonds is 5. The summed E-state index contributed by atoms with van der Waals surface area (Å²) < 4.78 is 0. The lowest BCUT2D eigenvalue weighted by atomic mass is 9.86. The van der Waals surface area contributed by atoms with Crippen molar-refractivity contribution in [1.29, 1.82) is 0 Å². The van der Waals surface area contributed by atoms with Crippen molar-refractivity contribution in [2.24, 2.45) is 5.92 Å². The lowest BCUT2D eigenvalue weighted by Gasteiger charge is -2.32. The van der Waals surface area contributed by atoms with E-state index in [0.717, 1.165) is 43.1 Å². The average molecular weight is 413 g/mol. The molecule has 1 amide bonds. The number of halogens is 1. The van der Waals surface area contributed by atoms with Gasteiger partial charge in [-0.05, 0) is 67.1 Å². The Hall–Kier alpha value is -1.84. The van der Waals surface area contributed by atoms with Gasteiger partial charge < -0.3 is 5.32 Å². The predicted octanol–water partition coefficient (Wildman–Crippen LogP) is 5.73. The summed E-state index contributed by atoms with van der Waals surface area (Å²) >= 11 is 6.09. The van der Waals surface area contributed by atoms with Crippen LogP contribution in [0.4, 0.5) is 0 Å². The Bertz CT molecular complexity index is 817. The van der Waals surface area contributed by atoms with Crippen LogP contribution in [0.5, 0.6) is 0 Å². The van der Waals surface area contributed by atoms with Gasteiger partial charge in [0, 0.05) is 17.5 Å². The van der Waals surface area contributed by atoms with E-state index in [0.29, 0.717) is 0 Å². The molecule has 0 aromatic heterocycles. The van der Waals surface area contributed by atoms with Crippen LogP contribution in [0.25, 0.3) is 0 Å². The van der Waals surface area contributed by atoms with E-state index in [2.05, 4.69) is 68.2 Å². The molecule has 1 fully saturated rings. The number of hydrogen-bond donors (Lipinski definition) is 1. The minimum Gasteiger partial charge on any atom is -0.349 e. The number of nitrogens with one attached hydrogen (secondary N) is 1. The Balaban J connectivity index is 1.49. The Kier molecular flexibility index (Phi) is 7.02. The molecule has 3 nitrogen and oxygen atoms in total. The van der Waals surface area contributed by atoms with Crippen molar-refractivity contribution in [2.75, 3.05) is 13.1 Å². The molecular formula is C25H33ClN2O. The number of carbonyl (C=O) groups is 1. The number of carbonyl (C=O) groups excluding carboxylic acids is 1. The Morgan fingerprint density at radius 2 is 1.79 bits per heavy atom. The normalized spacial score (nSPS) is 17.1. The van der Waals surface area contributed by atoms with Crippen LogP contribution in [0.3, 0.4) is 0 Å². The van der Waals surface area contributed by atoms with Crippen molar-refractivity contribution in [3.63, 3.8) is 0 Å². The van der Waals surface area contributed by atoms with E-state index in [9.17, 15) is 4.79 Å². The van der Waals surface area contributed by atoms with Gasteiger partial charge in [0.15, 0.2) is 0 Å². The molecule has 1 heterocycles. The summed E-state index contributed by atoms with van der Waals surface area (Å²) in [4.78, 5) is 15.2. The second-order valence-electron chi connectivity index (χ2n) is 9.28. The second kappa shape index (κ2) is 9.32. The van der Waals surface area contributed by atoms with E-state index in [1.807, 2.05) is 18.2 Å². The fourth-order valence-electron chi connectivity index (χ4n) is 3.93.